The summed E-state index contributed by atoms with van der Waals surface area (Å²) < 4.78 is 0. The monoisotopic (exact) mass is 270 g/mol. The second-order valence-corrected chi connectivity index (χ2v) is 8.05. The van der Waals surface area contributed by atoms with Crippen molar-refractivity contribution in [3.05, 3.63) is 0 Å². The first kappa shape index (κ1) is 14.7. The van der Waals surface area contributed by atoms with Crippen LogP contribution in [-0.2, 0) is 0 Å². The normalized spacial score (nSPS) is 34.2. The standard InChI is InChI=1S/C15H30N2S/c1-15(2)6-5-14(16-3)13(11-15)12-17-7-4-9-18-10-8-17/h13-14,16H,4-12H2,1-3H3. The summed E-state index contributed by atoms with van der Waals surface area (Å²) >= 11 is 2.13. The van der Waals surface area contributed by atoms with Crippen molar-refractivity contribution in [2.24, 2.45) is 11.3 Å². The van der Waals surface area contributed by atoms with Gasteiger partial charge < -0.3 is 10.2 Å². The lowest BCUT2D eigenvalue weighted by Gasteiger charge is -2.42. The SMILES string of the molecule is CNC1CCC(C)(C)CC1CN1CCCSCC1. The average Bonchev–Trinajstić information content (AvgIpc) is 2.57. The third kappa shape index (κ3) is 4.14. The first-order chi connectivity index (χ1) is 8.61. The van der Waals surface area contributed by atoms with Gasteiger partial charge in [0.05, 0.1) is 0 Å². The van der Waals surface area contributed by atoms with E-state index in [9.17, 15) is 0 Å². The molecule has 1 heterocycles. The molecule has 106 valence electrons. The molecule has 0 aromatic heterocycles. The molecule has 0 spiro atoms. The van der Waals surface area contributed by atoms with E-state index in [1.54, 1.807) is 0 Å². The van der Waals surface area contributed by atoms with E-state index < -0.39 is 0 Å². The van der Waals surface area contributed by atoms with Crippen molar-refractivity contribution in [3.63, 3.8) is 0 Å². The van der Waals surface area contributed by atoms with Crippen molar-refractivity contribution in [1.29, 1.82) is 0 Å². The van der Waals surface area contributed by atoms with E-state index >= 15 is 0 Å². The summed E-state index contributed by atoms with van der Waals surface area (Å²) in [4.78, 5) is 2.72. The van der Waals surface area contributed by atoms with Crippen LogP contribution < -0.4 is 5.32 Å². The van der Waals surface area contributed by atoms with E-state index in [1.807, 2.05) is 0 Å². The molecule has 2 aliphatic rings. The van der Waals surface area contributed by atoms with Gasteiger partial charge in [-0.3, -0.25) is 0 Å². The van der Waals surface area contributed by atoms with E-state index in [4.69, 9.17) is 0 Å². The Morgan fingerprint density at radius 2 is 2.11 bits per heavy atom. The molecular formula is C15H30N2S. The van der Waals surface area contributed by atoms with Crippen LogP contribution in [-0.4, -0.2) is 49.1 Å². The van der Waals surface area contributed by atoms with Crippen LogP contribution in [0.15, 0.2) is 0 Å². The van der Waals surface area contributed by atoms with Gasteiger partial charge in [-0.2, -0.15) is 11.8 Å². The maximum absolute atomic E-state index is 3.57. The van der Waals surface area contributed by atoms with Crippen molar-refractivity contribution < 1.29 is 0 Å². The fourth-order valence-electron chi connectivity index (χ4n) is 3.62. The van der Waals surface area contributed by atoms with Gasteiger partial charge in [-0.25, -0.2) is 0 Å². The lowest BCUT2D eigenvalue weighted by atomic mass is 9.69. The van der Waals surface area contributed by atoms with E-state index in [0.29, 0.717) is 5.41 Å². The maximum Gasteiger partial charge on any atom is 0.0105 e. The molecule has 0 aromatic rings. The summed E-state index contributed by atoms with van der Waals surface area (Å²) in [5, 5.41) is 3.57. The lowest BCUT2D eigenvalue weighted by Crippen LogP contribution is -2.46. The predicted molar refractivity (Wildman–Crippen MR) is 82.4 cm³/mol. The van der Waals surface area contributed by atoms with Gasteiger partial charge in [0.2, 0.25) is 0 Å². The van der Waals surface area contributed by atoms with Crippen LogP contribution in [0.25, 0.3) is 0 Å². The predicted octanol–water partition coefficient (Wildman–Crippen LogP) is 2.84. The largest absolute Gasteiger partial charge is 0.317 e. The van der Waals surface area contributed by atoms with Crippen molar-refractivity contribution in [2.75, 3.05) is 38.2 Å². The van der Waals surface area contributed by atoms with E-state index in [0.717, 1.165) is 12.0 Å². The minimum atomic E-state index is 0.554. The van der Waals surface area contributed by atoms with Crippen LogP contribution >= 0.6 is 11.8 Å². The Bertz CT molecular complexity index is 247. The summed E-state index contributed by atoms with van der Waals surface area (Å²) in [5.41, 5.74) is 0.554. The molecule has 3 heteroatoms. The van der Waals surface area contributed by atoms with E-state index in [-0.39, 0.29) is 0 Å². The second-order valence-electron chi connectivity index (χ2n) is 6.83. The highest BCUT2D eigenvalue weighted by Crippen LogP contribution is 2.39. The third-order valence-corrected chi connectivity index (χ3v) is 5.74. The first-order valence-electron chi connectivity index (χ1n) is 7.58. The maximum atomic E-state index is 3.57. The van der Waals surface area contributed by atoms with Gasteiger partial charge in [-0.15, -0.1) is 0 Å². The number of thioether (sulfide) groups is 1. The zero-order valence-corrected chi connectivity index (χ0v) is 13.2. The lowest BCUT2D eigenvalue weighted by molar-refractivity contribution is 0.106. The summed E-state index contributed by atoms with van der Waals surface area (Å²) in [6.45, 7) is 8.84. The molecule has 2 nitrogen and oxygen atoms in total. The van der Waals surface area contributed by atoms with Gasteiger partial charge in [0, 0.05) is 24.9 Å². The van der Waals surface area contributed by atoms with Gasteiger partial charge in [0.1, 0.15) is 0 Å². The highest BCUT2D eigenvalue weighted by atomic mass is 32.2. The molecule has 18 heavy (non-hydrogen) atoms. The molecular weight excluding hydrogens is 240 g/mol. The Kier molecular flexibility index (Phi) is 5.40. The highest BCUT2D eigenvalue weighted by Gasteiger charge is 2.34. The molecule has 1 N–H and O–H groups in total. The summed E-state index contributed by atoms with van der Waals surface area (Å²) in [7, 11) is 2.15. The van der Waals surface area contributed by atoms with Crippen LogP contribution in [0, 0.1) is 11.3 Å². The molecule has 2 atom stereocenters. The van der Waals surface area contributed by atoms with Crippen molar-refractivity contribution >= 4 is 11.8 Å². The zero-order chi connectivity index (χ0) is 13.0. The summed E-state index contributed by atoms with van der Waals surface area (Å²) in [6, 6.07) is 0.744. The molecule has 1 aliphatic heterocycles. The topological polar surface area (TPSA) is 15.3 Å². The minimum absolute atomic E-state index is 0.554. The third-order valence-electron chi connectivity index (χ3n) is 4.69. The van der Waals surface area contributed by atoms with Crippen molar-refractivity contribution in [1.82, 2.24) is 10.2 Å². The van der Waals surface area contributed by atoms with Gasteiger partial charge in [0.25, 0.3) is 0 Å². The van der Waals surface area contributed by atoms with Crippen LogP contribution in [0.5, 0.6) is 0 Å². The fourth-order valence-corrected chi connectivity index (χ4v) is 4.54. The summed E-state index contributed by atoms with van der Waals surface area (Å²) in [6.07, 6.45) is 5.51. The Balaban J connectivity index is 1.91. The van der Waals surface area contributed by atoms with Crippen LogP contribution in [0.4, 0.5) is 0 Å². The molecule has 2 unspecified atom stereocenters. The Labute approximate surface area is 117 Å². The van der Waals surface area contributed by atoms with Crippen LogP contribution in [0.1, 0.15) is 39.5 Å². The van der Waals surface area contributed by atoms with E-state index in [2.05, 4.69) is 42.9 Å². The number of hydrogen-bond acceptors (Lipinski definition) is 3. The number of hydrogen-bond donors (Lipinski definition) is 1. The van der Waals surface area contributed by atoms with Gasteiger partial charge in [-0.05, 0) is 56.4 Å². The molecule has 1 saturated heterocycles. The Hall–Kier alpha value is 0.270. The van der Waals surface area contributed by atoms with Crippen molar-refractivity contribution in [2.45, 2.75) is 45.6 Å². The quantitative estimate of drug-likeness (QED) is 0.849. The molecule has 0 bridgehead atoms. The fraction of sp³-hybridized carbons (Fsp3) is 1.00. The van der Waals surface area contributed by atoms with Gasteiger partial charge in [0.15, 0.2) is 0 Å². The summed E-state index contributed by atoms with van der Waals surface area (Å²) in [5.74, 6) is 3.55. The average molecular weight is 270 g/mol. The minimum Gasteiger partial charge on any atom is -0.317 e. The smallest absolute Gasteiger partial charge is 0.0105 e. The van der Waals surface area contributed by atoms with Crippen LogP contribution in [0.3, 0.4) is 0 Å². The second kappa shape index (κ2) is 6.62. The Morgan fingerprint density at radius 1 is 1.28 bits per heavy atom. The van der Waals surface area contributed by atoms with Crippen molar-refractivity contribution in [3.8, 4) is 0 Å². The van der Waals surface area contributed by atoms with Crippen LogP contribution in [0.2, 0.25) is 0 Å². The first-order valence-corrected chi connectivity index (χ1v) is 8.73. The molecule has 0 amide bonds. The molecule has 0 radical (unpaired) electrons. The highest BCUT2D eigenvalue weighted by molar-refractivity contribution is 7.99. The number of nitrogens with zero attached hydrogens (tertiary/aromatic N) is 1. The Morgan fingerprint density at radius 3 is 2.89 bits per heavy atom. The molecule has 0 aromatic carbocycles. The van der Waals surface area contributed by atoms with Gasteiger partial charge >= 0.3 is 0 Å². The van der Waals surface area contributed by atoms with E-state index in [1.165, 1.54) is 56.8 Å². The number of rotatable bonds is 3. The molecule has 2 fully saturated rings. The molecule has 1 saturated carbocycles. The van der Waals surface area contributed by atoms with Gasteiger partial charge in [-0.1, -0.05) is 13.8 Å². The zero-order valence-electron chi connectivity index (χ0n) is 12.4. The molecule has 2 rings (SSSR count). The molecule has 1 aliphatic carbocycles. The number of nitrogens with one attached hydrogen (secondary N) is 1.